The number of nitrogens with one attached hydrogen (secondary N) is 1. The molecule has 3 heterocycles. The minimum Gasteiger partial charge on any atom is -0.353 e. The normalized spacial score (nSPS) is 14.8. The third kappa shape index (κ3) is 3.84. The van der Waals surface area contributed by atoms with Crippen molar-refractivity contribution in [2.75, 3.05) is 31.1 Å². The average Bonchev–Trinajstić information content (AvgIpc) is 3.11. The molecule has 0 spiro atoms. The Morgan fingerprint density at radius 1 is 1.00 bits per heavy atom. The van der Waals surface area contributed by atoms with Crippen LogP contribution in [0.4, 0.5) is 5.82 Å². The van der Waals surface area contributed by atoms with Gasteiger partial charge >= 0.3 is 0 Å². The highest BCUT2D eigenvalue weighted by Gasteiger charge is 2.25. The van der Waals surface area contributed by atoms with E-state index < -0.39 is 0 Å². The van der Waals surface area contributed by atoms with Gasteiger partial charge in [0.1, 0.15) is 17.3 Å². The average molecular weight is 392 g/mol. The van der Waals surface area contributed by atoms with Crippen molar-refractivity contribution < 1.29 is 4.79 Å². The SMILES string of the molecule is Cc1cc(C)c2cc(C(=O)N3CCN(c4cc(C)nc(C(C)C)n4)CC3)[nH]c2c1. The van der Waals surface area contributed by atoms with Crippen LogP contribution >= 0.6 is 0 Å². The van der Waals surface area contributed by atoms with Gasteiger partial charge in [0.25, 0.3) is 5.91 Å². The molecular formula is C23H29N5O. The maximum Gasteiger partial charge on any atom is 0.270 e. The molecule has 0 radical (unpaired) electrons. The van der Waals surface area contributed by atoms with Crippen LogP contribution in [0.1, 0.15) is 52.9 Å². The van der Waals surface area contributed by atoms with E-state index in [0.717, 1.165) is 41.3 Å². The number of piperazine rings is 1. The number of H-pyrrole nitrogens is 1. The van der Waals surface area contributed by atoms with Crippen molar-refractivity contribution in [3.8, 4) is 0 Å². The molecule has 0 atom stereocenters. The summed E-state index contributed by atoms with van der Waals surface area (Å²) >= 11 is 0. The second-order valence-electron chi connectivity index (χ2n) is 8.39. The zero-order valence-corrected chi connectivity index (χ0v) is 17.9. The van der Waals surface area contributed by atoms with Gasteiger partial charge in [-0.3, -0.25) is 4.79 Å². The first kappa shape index (κ1) is 19.4. The zero-order chi connectivity index (χ0) is 20.7. The smallest absolute Gasteiger partial charge is 0.270 e. The number of carbonyl (C=O) groups is 1. The molecule has 6 heteroatoms. The van der Waals surface area contributed by atoms with Gasteiger partial charge < -0.3 is 14.8 Å². The molecule has 1 aromatic carbocycles. The summed E-state index contributed by atoms with van der Waals surface area (Å²) in [5.74, 6) is 2.21. The fraction of sp³-hybridized carbons (Fsp3) is 0.435. The van der Waals surface area contributed by atoms with Gasteiger partial charge in [-0.1, -0.05) is 19.9 Å². The van der Waals surface area contributed by atoms with Gasteiger partial charge in [-0.05, 0) is 44.0 Å². The monoisotopic (exact) mass is 391 g/mol. The summed E-state index contributed by atoms with van der Waals surface area (Å²) in [7, 11) is 0. The van der Waals surface area contributed by atoms with Crippen molar-refractivity contribution in [3.05, 3.63) is 52.6 Å². The van der Waals surface area contributed by atoms with E-state index in [2.05, 4.69) is 54.7 Å². The summed E-state index contributed by atoms with van der Waals surface area (Å²) in [4.78, 5) is 29.8. The van der Waals surface area contributed by atoms with Crippen molar-refractivity contribution in [1.29, 1.82) is 0 Å². The fourth-order valence-electron chi connectivity index (χ4n) is 4.02. The number of carbonyl (C=O) groups excluding carboxylic acids is 1. The van der Waals surface area contributed by atoms with Crippen LogP contribution in [0.3, 0.4) is 0 Å². The molecule has 6 nitrogen and oxygen atoms in total. The number of rotatable bonds is 3. The van der Waals surface area contributed by atoms with Crippen LogP contribution in [0.25, 0.3) is 10.9 Å². The minimum absolute atomic E-state index is 0.0691. The molecule has 0 aliphatic carbocycles. The minimum atomic E-state index is 0.0691. The van der Waals surface area contributed by atoms with Gasteiger partial charge in [-0.25, -0.2) is 9.97 Å². The van der Waals surface area contributed by atoms with E-state index in [0.29, 0.717) is 24.7 Å². The Hall–Kier alpha value is -2.89. The van der Waals surface area contributed by atoms with Crippen molar-refractivity contribution in [1.82, 2.24) is 19.9 Å². The Morgan fingerprint density at radius 2 is 1.72 bits per heavy atom. The van der Waals surface area contributed by atoms with Crippen LogP contribution in [-0.2, 0) is 0 Å². The largest absolute Gasteiger partial charge is 0.353 e. The number of benzene rings is 1. The number of hydrogen-bond donors (Lipinski definition) is 1. The predicted molar refractivity (Wildman–Crippen MR) is 117 cm³/mol. The molecule has 152 valence electrons. The highest BCUT2D eigenvalue weighted by Crippen LogP contribution is 2.23. The first-order valence-corrected chi connectivity index (χ1v) is 10.3. The second-order valence-corrected chi connectivity index (χ2v) is 8.39. The first-order chi connectivity index (χ1) is 13.8. The topological polar surface area (TPSA) is 65.1 Å². The van der Waals surface area contributed by atoms with Gasteiger partial charge in [0.15, 0.2) is 0 Å². The molecule has 29 heavy (non-hydrogen) atoms. The zero-order valence-electron chi connectivity index (χ0n) is 17.9. The Bertz CT molecular complexity index is 1060. The van der Waals surface area contributed by atoms with Crippen LogP contribution in [0, 0.1) is 20.8 Å². The number of aromatic nitrogens is 3. The van der Waals surface area contributed by atoms with Crippen molar-refractivity contribution in [2.24, 2.45) is 0 Å². The van der Waals surface area contributed by atoms with Crippen molar-refractivity contribution in [3.63, 3.8) is 0 Å². The molecule has 1 aliphatic rings. The van der Waals surface area contributed by atoms with E-state index in [4.69, 9.17) is 4.98 Å². The van der Waals surface area contributed by atoms with Crippen LogP contribution in [0.15, 0.2) is 24.3 Å². The van der Waals surface area contributed by atoms with E-state index >= 15 is 0 Å². The molecule has 2 aromatic heterocycles. The molecule has 1 saturated heterocycles. The van der Waals surface area contributed by atoms with Gasteiger partial charge in [0.05, 0.1) is 0 Å². The predicted octanol–water partition coefficient (Wildman–Crippen LogP) is 3.97. The van der Waals surface area contributed by atoms with Crippen LogP contribution in [0.2, 0.25) is 0 Å². The molecule has 3 aromatic rings. The number of hydrogen-bond acceptors (Lipinski definition) is 4. The van der Waals surface area contributed by atoms with Crippen molar-refractivity contribution in [2.45, 2.75) is 40.5 Å². The first-order valence-electron chi connectivity index (χ1n) is 10.3. The lowest BCUT2D eigenvalue weighted by Crippen LogP contribution is -2.49. The molecule has 1 N–H and O–H groups in total. The summed E-state index contributed by atoms with van der Waals surface area (Å²) in [5.41, 5.74) is 5.08. The Labute approximate surface area is 172 Å². The lowest BCUT2D eigenvalue weighted by atomic mass is 10.1. The van der Waals surface area contributed by atoms with Crippen LogP contribution in [0.5, 0.6) is 0 Å². The molecule has 0 saturated carbocycles. The third-order valence-electron chi connectivity index (χ3n) is 5.58. The standard InChI is InChI=1S/C23H29N5O/c1-14(2)22-24-17(5)12-21(26-22)27-6-8-28(9-7-27)23(29)20-13-18-16(4)10-15(3)11-19(18)25-20/h10-14,25H,6-9H2,1-5H3. The number of nitrogens with zero attached hydrogens (tertiary/aromatic N) is 4. The highest BCUT2D eigenvalue weighted by atomic mass is 16.2. The highest BCUT2D eigenvalue weighted by molar-refractivity contribution is 5.99. The van der Waals surface area contributed by atoms with Crippen LogP contribution < -0.4 is 4.90 Å². The quantitative estimate of drug-likeness (QED) is 0.734. The van der Waals surface area contributed by atoms with E-state index in [-0.39, 0.29) is 5.91 Å². The van der Waals surface area contributed by atoms with E-state index in [1.54, 1.807) is 0 Å². The maximum absolute atomic E-state index is 13.1. The lowest BCUT2D eigenvalue weighted by molar-refractivity contribution is 0.0741. The molecule has 1 amide bonds. The molecule has 1 fully saturated rings. The Morgan fingerprint density at radius 3 is 2.41 bits per heavy atom. The second kappa shape index (κ2) is 7.50. The van der Waals surface area contributed by atoms with E-state index in [1.165, 1.54) is 11.1 Å². The number of aromatic amines is 1. The maximum atomic E-state index is 13.1. The molecule has 0 bridgehead atoms. The molecular weight excluding hydrogens is 362 g/mol. The Balaban J connectivity index is 1.48. The number of amides is 1. The van der Waals surface area contributed by atoms with Gasteiger partial charge in [0.2, 0.25) is 0 Å². The molecule has 0 unspecified atom stereocenters. The summed E-state index contributed by atoms with van der Waals surface area (Å²) in [6.45, 7) is 13.3. The third-order valence-corrected chi connectivity index (χ3v) is 5.58. The van der Waals surface area contributed by atoms with E-state index in [9.17, 15) is 4.79 Å². The summed E-state index contributed by atoms with van der Waals surface area (Å²) < 4.78 is 0. The van der Waals surface area contributed by atoms with Gasteiger partial charge in [-0.15, -0.1) is 0 Å². The summed E-state index contributed by atoms with van der Waals surface area (Å²) in [6.07, 6.45) is 0. The number of aryl methyl sites for hydroxylation is 3. The summed E-state index contributed by atoms with van der Waals surface area (Å²) in [6, 6.07) is 8.27. The van der Waals surface area contributed by atoms with E-state index in [1.807, 2.05) is 24.0 Å². The van der Waals surface area contributed by atoms with Gasteiger partial charge in [-0.2, -0.15) is 0 Å². The lowest BCUT2D eigenvalue weighted by Gasteiger charge is -2.35. The number of anilines is 1. The molecule has 4 rings (SSSR count). The Kier molecular flexibility index (Phi) is 5.03. The molecule has 1 aliphatic heterocycles. The fourth-order valence-corrected chi connectivity index (χ4v) is 4.02. The van der Waals surface area contributed by atoms with Crippen LogP contribution in [-0.4, -0.2) is 51.9 Å². The van der Waals surface area contributed by atoms with Crippen molar-refractivity contribution >= 4 is 22.6 Å². The van der Waals surface area contributed by atoms with Gasteiger partial charge in [0, 0.05) is 54.8 Å². The number of fused-ring (bicyclic) bond motifs is 1. The summed E-state index contributed by atoms with van der Waals surface area (Å²) in [5, 5.41) is 1.12.